The minimum Gasteiger partial charge on any atom is -0.496 e. The molecule has 0 aliphatic carbocycles. The number of anilines is 1. The lowest BCUT2D eigenvalue weighted by Crippen LogP contribution is -2.06. The van der Waals surface area contributed by atoms with Gasteiger partial charge in [0.1, 0.15) is 17.4 Å². The summed E-state index contributed by atoms with van der Waals surface area (Å²) >= 11 is 5.95. The molecule has 0 unspecified atom stereocenters. The van der Waals surface area contributed by atoms with E-state index in [1.165, 1.54) is 0 Å². The van der Waals surface area contributed by atoms with Crippen molar-refractivity contribution in [3.63, 3.8) is 0 Å². The summed E-state index contributed by atoms with van der Waals surface area (Å²) in [5, 5.41) is 3.96. The first kappa shape index (κ1) is 14.6. The van der Waals surface area contributed by atoms with Crippen LogP contribution in [0.5, 0.6) is 5.75 Å². The Morgan fingerprint density at radius 3 is 2.75 bits per heavy atom. The topological polar surface area (TPSA) is 47.0 Å². The Hall–Kier alpha value is -1.81. The van der Waals surface area contributed by atoms with Crippen LogP contribution in [0.15, 0.2) is 24.3 Å². The number of halogens is 1. The smallest absolute Gasteiger partial charge is 0.130 e. The average Bonchev–Trinajstić information content (AvgIpc) is 2.45. The average molecular weight is 292 g/mol. The van der Waals surface area contributed by atoms with Crippen LogP contribution in [0.1, 0.15) is 24.0 Å². The van der Waals surface area contributed by atoms with E-state index >= 15 is 0 Å². The number of ether oxygens (including phenoxy) is 1. The summed E-state index contributed by atoms with van der Waals surface area (Å²) in [5.41, 5.74) is 2.06. The Bertz CT molecular complexity index is 602. The summed E-state index contributed by atoms with van der Waals surface area (Å²) in [6, 6.07) is 7.57. The summed E-state index contributed by atoms with van der Waals surface area (Å²) in [6.07, 6.45) is 0.891. The molecule has 1 aromatic carbocycles. The normalized spacial score (nSPS) is 10.4. The highest BCUT2D eigenvalue weighted by Crippen LogP contribution is 2.23. The van der Waals surface area contributed by atoms with Crippen LogP contribution in [0.2, 0.25) is 5.02 Å². The Labute approximate surface area is 124 Å². The summed E-state index contributed by atoms with van der Waals surface area (Å²) in [6.45, 7) is 4.60. The standard InChI is InChI=1S/C15H18ClN3O/c1-4-13-8-15(19-10(2)18-13)17-9-11-5-6-12(16)7-14(11)20-3/h5-8H,4,9H2,1-3H3,(H,17,18,19). The summed E-state index contributed by atoms with van der Waals surface area (Å²) in [5.74, 6) is 2.37. The molecule has 2 aromatic rings. The van der Waals surface area contributed by atoms with E-state index in [0.29, 0.717) is 11.6 Å². The van der Waals surface area contributed by atoms with Crippen molar-refractivity contribution in [1.82, 2.24) is 9.97 Å². The van der Waals surface area contributed by atoms with Gasteiger partial charge in [0, 0.05) is 28.9 Å². The lowest BCUT2D eigenvalue weighted by atomic mass is 10.2. The van der Waals surface area contributed by atoms with Gasteiger partial charge in [-0.25, -0.2) is 9.97 Å². The quantitative estimate of drug-likeness (QED) is 0.914. The second-order valence-electron chi connectivity index (χ2n) is 4.46. The molecule has 0 bridgehead atoms. The van der Waals surface area contributed by atoms with Crippen LogP contribution in [0.4, 0.5) is 5.82 Å². The van der Waals surface area contributed by atoms with Crippen molar-refractivity contribution in [1.29, 1.82) is 0 Å². The predicted molar refractivity (Wildman–Crippen MR) is 81.5 cm³/mol. The second-order valence-corrected chi connectivity index (χ2v) is 4.89. The van der Waals surface area contributed by atoms with Crippen LogP contribution >= 0.6 is 11.6 Å². The van der Waals surface area contributed by atoms with Gasteiger partial charge in [0.05, 0.1) is 7.11 Å². The SMILES string of the molecule is CCc1cc(NCc2ccc(Cl)cc2OC)nc(C)n1. The minimum atomic E-state index is 0.625. The van der Waals surface area contributed by atoms with Crippen LogP contribution < -0.4 is 10.1 Å². The molecule has 0 saturated carbocycles. The number of benzene rings is 1. The number of methoxy groups -OCH3 is 1. The Morgan fingerprint density at radius 1 is 1.25 bits per heavy atom. The fourth-order valence-corrected chi connectivity index (χ4v) is 2.11. The maximum Gasteiger partial charge on any atom is 0.130 e. The van der Waals surface area contributed by atoms with Crippen molar-refractivity contribution in [3.05, 3.63) is 46.4 Å². The first-order chi connectivity index (χ1) is 9.62. The molecule has 0 saturated heterocycles. The van der Waals surface area contributed by atoms with Crippen LogP contribution in [0.25, 0.3) is 0 Å². The number of hydrogen-bond donors (Lipinski definition) is 1. The van der Waals surface area contributed by atoms with Crippen LogP contribution in [-0.2, 0) is 13.0 Å². The van der Waals surface area contributed by atoms with E-state index < -0.39 is 0 Å². The van der Waals surface area contributed by atoms with Crippen LogP contribution in [0.3, 0.4) is 0 Å². The molecule has 20 heavy (non-hydrogen) atoms. The largest absolute Gasteiger partial charge is 0.496 e. The third kappa shape index (κ3) is 3.61. The number of nitrogens with zero attached hydrogens (tertiary/aromatic N) is 2. The third-order valence-electron chi connectivity index (χ3n) is 2.96. The van der Waals surface area contributed by atoms with Crippen molar-refractivity contribution in [2.24, 2.45) is 0 Å². The van der Waals surface area contributed by atoms with Gasteiger partial charge in [-0.3, -0.25) is 0 Å². The van der Waals surface area contributed by atoms with Crippen molar-refractivity contribution in [2.45, 2.75) is 26.8 Å². The van der Waals surface area contributed by atoms with E-state index in [1.807, 2.05) is 25.1 Å². The number of aromatic nitrogens is 2. The number of hydrogen-bond acceptors (Lipinski definition) is 4. The van der Waals surface area contributed by atoms with Gasteiger partial charge in [0.15, 0.2) is 0 Å². The molecule has 4 nitrogen and oxygen atoms in total. The Morgan fingerprint density at radius 2 is 2.05 bits per heavy atom. The Balaban J connectivity index is 2.14. The van der Waals surface area contributed by atoms with Gasteiger partial charge in [-0.1, -0.05) is 24.6 Å². The molecule has 0 aliphatic heterocycles. The van der Waals surface area contributed by atoms with Gasteiger partial charge in [-0.2, -0.15) is 0 Å². The molecule has 0 radical (unpaired) electrons. The molecule has 0 atom stereocenters. The summed E-state index contributed by atoms with van der Waals surface area (Å²) in [4.78, 5) is 8.74. The van der Waals surface area contributed by atoms with Gasteiger partial charge in [-0.05, 0) is 25.5 Å². The van der Waals surface area contributed by atoms with Gasteiger partial charge < -0.3 is 10.1 Å². The highest BCUT2D eigenvalue weighted by Gasteiger charge is 2.05. The van der Waals surface area contributed by atoms with Crippen LogP contribution in [-0.4, -0.2) is 17.1 Å². The van der Waals surface area contributed by atoms with Crippen molar-refractivity contribution in [2.75, 3.05) is 12.4 Å². The molecular weight excluding hydrogens is 274 g/mol. The predicted octanol–water partition coefficient (Wildman–Crippen LogP) is 3.62. The second kappa shape index (κ2) is 6.57. The third-order valence-corrected chi connectivity index (χ3v) is 3.20. The lowest BCUT2D eigenvalue weighted by molar-refractivity contribution is 0.410. The fraction of sp³-hybridized carbons (Fsp3) is 0.333. The zero-order valence-corrected chi connectivity index (χ0v) is 12.7. The van der Waals surface area contributed by atoms with Crippen LogP contribution in [0, 0.1) is 6.92 Å². The summed E-state index contributed by atoms with van der Waals surface area (Å²) < 4.78 is 5.33. The maximum absolute atomic E-state index is 5.95. The highest BCUT2D eigenvalue weighted by atomic mass is 35.5. The van der Waals surface area contributed by atoms with Crippen molar-refractivity contribution >= 4 is 17.4 Å². The minimum absolute atomic E-state index is 0.625. The molecule has 1 aromatic heterocycles. The molecule has 0 spiro atoms. The van der Waals surface area contributed by atoms with E-state index in [0.717, 1.165) is 35.1 Å². The molecule has 106 valence electrons. The number of nitrogens with one attached hydrogen (secondary N) is 1. The van der Waals surface area contributed by atoms with Gasteiger partial charge in [0.2, 0.25) is 0 Å². The molecule has 0 aliphatic rings. The van der Waals surface area contributed by atoms with E-state index in [9.17, 15) is 0 Å². The summed E-state index contributed by atoms with van der Waals surface area (Å²) in [7, 11) is 1.64. The van der Waals surface area contributed by atoms with Crippen molar-refractivity contribution < 1.29 is 4.74 Å². The van der Waals surface area contributed by atoms with Gasteiger partial charge in [0.25, 0.3) is 0 Å². The maximum atomic E-state index is 5.95. The van der Waals surface area contributed by atoms with E-state index in [-0.39, 0.29) is 0 Å². The van der Waals surface area contributed by atoms with Crippen molar-refractivity contribution in [3.8, 4) is 5.75 Å². The fourth-order valence-electron chi connectivity index (χ4n) is 1.95. The molecule has 5 heteroatoms. The molecule has 0 fully saturated rings. The Kier molecular flexibility index (Phi) is 4.79. The molecule has 1 N–H and O–H groups in total. The zero-order chi connectivity index (χ0) is 14.5. The van der Waals surface area contributed by atoms with E-state index in [1.54, 1.807) is 13.2 Å². The number of aryl methyl sites for hydroxylation is 2. The van der Waals surface area contributed by atoms with Gasteiger partial charge >= 0.3 is 0 Å². The highest BCUT2D eigenvalue weighted by molar-refractivity contribution is 6.30. The first-order valence-electron chi connectivity index (χ1n) is 6.53. The molecular formula is C15H18ClN3O. The lowest BCUT2D eigenvalue weighted by Gasteiger charge is -2.11. The monoisotopic (exact) mass is 291 g/mol. The molecule has 2 rings (SSSR count). The number of rotatable bonds is 5. The first-order valence-corrected chi connectivity index (χ1v) is 6.91. The molecule has 0 amide bonds. The molecule has 1 heterocycles. The zero-order valence-electron chi connectivity index (χ0n) is 11.9. The van der Waals surface area contributed by atoms with E-state index in [2.05, 4.69) is 22.2 Å². The van der Waals surface area contributed by atoms with E-state index in [4.69, 9.17) is 16.3 Å². The van der Waals surface area contributed by atoms with Gasteiger partial charge in [-0.15, -0.1) is 0 Å².